The fraction of sp³-hybridized carbons (Fsp3) is 0.464. The Kier molecular flexibility index (Phi) is 8.20. The molecule has 2 unspecified atom stereocenters. The van der Waals surface area contributed by atoms with E-state index in [-0.39, 0.29) is 37.3 Å². The summed E-state index contributed by atoms with van der Waals surface area (Å²) in [5.74, 6) is -1.51. The first-order chi connectivity index (χ1) is 16.5. The predicted molar refractivity (Wildman–Crippen MR) is 135 cm³/mol. The lowest BCUT2D eigenvalue weighted by atomic mass is 9.95. The van der Waals surface area contributed by atoms with Gasteiger partial charge < -0.3 is 20.1 Å². The van der Waals surface area contributed by atoms with Crippen molar-refractivity contribution in [1.82, 2.24) is 10.2 Å². The van der Waals surface area contributed by atoms with Gasteiger partial charge in [-0.25, -0.2) is 4.79 Å². The number of nitrogens with zero attached hydrogens (tertiary/aromatic N) is 1. The highest BCUT2D eigenvalue weighted by molar-refractivity contribution is 5.87. The van der Waals surface area contributed by atoms with E-state index in [4.69, 9.17) is 9.84 Å². The van der Waals surface area contributed by atoms with Gasteiger partial charge in [0.2, 0.25) is 5.91 Å². The molecule has 0 saturated heterocycles. The molecule has 2 atom stereocenters. The van der Waals surface area contributed by atoms with Gasteiger partial charge in [-0.2, -0.15) is 0 Å². The Morgan fingerprint density at radius 1 is 1.03 bits per heavy atom. The third kappa shape index (κ3) is 6.02. The highest BCUT2D eigenvalue weighted by atomic mass is 16.5. The molecule has 0 aromatic heterocycles. The third-order valence-corrected chi connectivity index (χ3v) is 6.72. The fourth-order valence-electron chi connectivity index (χ4n) is 4.60. The number of aliphatic carboxylic acids is 1. The molecule has 0 spiro atoms. The molecule has 1 aliphatic rings. The molecule has 2 aromatic rings. The van der Waals surface area contributed by atoms with Crippen LogP contribution in [0.5, 0.6) is 0 Å². The maximum Gasteiger partial charge on any atom is 0.407 e. The summed E-state index contributed by atoms with van der Waals surface area (Å²) in [6, 6.07) is 15.4. The number of hydrogen-bond acceptors (Lipinski definition) is 4. The summed E-state index contributed by atoms with van der Waals surface area (Å²) in [6.45, 7) is 9.63. The van der Waals surface area contributed by atoms with Crippen molar-refractivity contribution < 1.29 is 24.2 Å². The van der Waals surface area contributed by atoms with Gasteiger partial charge in [0.25, 0.3) is 0 Å². The van der Waals surface area contributed by atoms with Crippen molar-refractivity contribution in [2.24, 2.45) is 5.92 Å². The SMILES string of the molecule is CCC(C)C(NC(=O)OCC1c2ccccc2-c2ccccc21)C(=O)N(CCC(=O)O)C(C)(C)C. The zero-order chi connectivity index (χ0) is 25.8. The second kappa shape index (κ2) is 10.9. The number of nitrogens with one attached hydrogen (secondary N) is 1. The molecule has 0 saturated carbocycles. The van der Waals surface area contributed by atoms with Gasteiger partial charge in [-0.15, -0.1) is 0 Å². The molecule has 7 nitrogen and oxygen atoms in total. The maximum atomic E-state index is 13.5. The van der Waals surface area contributed by atoms with Crippen LogP contribution in [0.25, 0.3) is 11.1 Å². The molecule has 188 valence electrons. The van der Waals surface area contributed by atoms with E-state index >= 15 is 0 Å². The Morgan fingerprint density at radius 2 is 1.57 bits per heavy atom. The minimum absolute atomic E-state index is 0.0664. The van der Waals surface area contributed by atoms with Crippen molar-refractivity contribution in [2.45, 2.75) is 65.0 Å². The van der Waals surface area contributed by atoms with Crippen LogP contribution in [0.2, 0.25) is 0 Å². The number of ether oxygens (including phenoxy) is 1. The van der Waals surface area contributed by atoms with Crippen molar-refractivity contribution in [3.05, 3.63) is 59.7 Å². The van der Waals surface area contributed by atoms with Gasteiger partial charge in [0.1, 0.15) is 12.6 Å². The summed E-state index contributed by atoms with van der Waals surface area (Å²) < 4.78 is 5.66. The molecule has 0 fully saturated rings. The molecule has 3 rings (SSSR count). The monoisotopic (exact) mass is 480 g/mol. The van der Waals surface area contributed by atoms with Crippen molar-refractivity contribution in [3.63, 3.8) is 0 Å². The van der Waals surface area contributed by atoms with Gasteiger partial charge in [-0.1, -0.05) is 68.8 Å². The second-order valence-corrected chi connectivity index (χ2v) is 10.1. The Bertz CT molecular complexity index is 1030. The number of rotatable bonds is 9. The summed E-state index contributed by atoms with van der Waals surface area (Å²) in [5.41, 5.74) is 3.92. The molecule has 0 bridgehead atoms. The number of alkyl carbamates (subject to hydrolysis) is 1. The summed E-state index contributed by atoms with van der Waals surface area (Å²) in [7, 11) is 0. The first-order valence-corrected chi connectivity index (χ1v) is 12.2. The van der Waals surface area contributed by atoms with Crippen LogP contribution in [-0.2, 0) is 14.3 Å². The van der Waals surface area contributed by atoms with E-state index in [1.807, 2.05) is 58.9 Å². The number of fused-ring (bicyclic) bond motifs is 3. The van der Waals surface area contributed by atoms with E-state index in [0.717, 1.165) is 22.3 Å². The molecule has 0 radical (unpaired) electrons. The molecule has 0 heterocycles. The lowest BCUT2D eigenvalue weighted by Gasteiger charge is -2.39. The Hall–Kier alpha value is -3.35. The van der Waals surface area contributed by atoms with Crippen LogP contribution in [0.15, 0.2) is 48.5 Å². The lowest BCUT2D eigenvalue weighted by Crippen LogP contribution is -2.57. The fourth-order valence-corrected chi connectivity index (χ4v) is 4.60. The lowest BCUT2D eigenvalue weighted by molar-refractivity contribution is -0.142. The minimum Gasteiger partial charge on any atom is -0.481 e. The Labute approximate surface area is 207 Å². The number of carbonyl (C=O) groups excluding carboxylic acids is 2. The number of carboxylic acid groups (broad SMARTS) is 1. The number of benzene rings is 2. The maximum absolute atomic E-state index is 13.5. The van der Waals surface area contributed by atoms with Crippen LogP contribution >= 0.6 is 0 Å². The van der Waals surface area contributed by atoms with Crippen LogP contribution in [-0.4, -0.2) is 52.7 Å². The van der Waals surface area contributed by atoms with Gasteiger partial charge in [-0.3, -0.25) is 9.59 Å². The molecular weight excluding hydrogens is 444 g/mol. The number of amides is 2. The summed E-state index contributed by atoms with van der Waals surface area (Å²) >= 11 is 0. The topological polar surface area (TPSA) is 95.9 Å². The molecule has 7 heteroatoms. The smallest absolute Gasteiger partial charge is 0.407 e. The first kappa shape index (κ1) is 26.3. The van der Waals surface area contributed by atoms with Crippen molar-refractivity contribution >= 4 is 18.0 Å². The molecule has 35 heavy (non-hydrogen) atoms. The van der Waals surface area contributed by atoms with Gasteiger partial charge in [0.15, 0.2) is 0 Å². The summed E-state index contributed by atoms with van der Waals surface area (Å²) in [5, 5.41) is 11.9. The van der Waals surface area contributed by atoms with Gasteiger partial charge >= 0.3 is 12.1 Å². The number of carbonyl (C=O) groups is 3. The van der Waals surface area contributed by atoms with E-state index in [9.17, 15) is 14.4 Å². The molecule has 2 aromatic carbocycles. The average molecular weight is 481 g/mol. The standard InChI is InChI=1S/C28H36N2O5/c1-6-18(2)25(26(33)30(28(3,4)5)16-15-24(31)32)29-27(34)35-17-23-21-13-9-7-11-19(21)20-12-8-10-14-22(20)23/h7-14,18,23,25H,6,15-17H2,1-5H3,(H,29,34)(H,31,32). The zero-order valence-electron chi connectivity index (χ0n) is 21.2. The number of carboxylic acids is 1. The highest BCUT2D eigenvalue weighted by Gasteiger charge is 2.36. The van der Waals surface area contributed by atoms with E-state index in [1.54, 1.807) is 0 Å². The second-order valence-electron chi connectivity index (χ2n) is 10.1. The van der Waals surface area contributed by atoms with Crippen molar-refractivity contribution in [1.29, 1.82) is 0 Å². The van der Waals surface area contributed by atoms with Crippen LogP contribution in [0.4, 0.5) is 4.79 Å². The van der Waals surface area contributed by atoms with Gasteiger partial charge in [0.05, 0.1) is 6.42 Å². The van der Waals surface area contributed by atoms with Gasteiger partial charge in [-0.05, 0) is 48.9 Å². The third-order valence-electron chi connectivity index (χ3n) is 6.72. The molecule has 2 N–H and O–H groups in total. The van der Waals surface area contributed by atoms with Crippen LogP contribution in [0, 0.1) is 5.92 Å². The van der Waals surface area contributed by atoms with Crippen molar-refractivity contribution in [3.8, 4) is 11.1 Å². The number of hydrogen-bond donors (Lipinski definition) is 2. The first-order valence-electron chi connectivity index (χ1n) is 12.2. The Morgan fingerprint density at radius 3 is 2.06 bits per heavy atom. The average Bonchev–Trinajstić information content (AvgIpc) is 3.13. The van der Waals surface area contributed by atoms with E-state index in [1.165, 1.54) is 4.90 Å². The Balaban J connectivity index is 1.74. The zero-order valence-corrected chi connectivity index (χ0v) is 21.2. The van der Waals surface area contributed by atoms with E-state index in [2.05, 4.69) is 29.6 Å². The predicted octanol–water partition coefficient (Wildman–Crippen LogP) is 5.04. The quantitative estimate of drug-likeness (QED) is 0.524. The summed E-state index contributed by atoms with van der Waals surface area (Å²) in [4.78, 5) is 39.1. The van der Waals surface area contributed by atoms with Crippen molar-refractivity contribution in [2.75, 3.05) is 13.2 Å². The van der Waals surface area contributed by atoms with Crippen LogP contribution in [0.3, 0.4) is 0 Å². The normalized spacial score (nSPS) is 14.4. The summed E-state index contributed by atoms with van der Waals surface area (Å²) in [6.07, 6.45) is -0.157. The molecule has 0 aliphatic heterocycles. The van der Waals surface area contributed by atoms with Gasteiger partial charge in [0, 0.05) is 18.0 Å². The van der Waals surface area contributed by atoms with E-state index in [0.29, 0.717) is 6.42 Å². The van der Waals surface area contributed by atoms with Crippen LogP contribution in [0.1, 0.15) is 64.5 Å². The molecular formula is C28H36N2O5. The molecule has 1 aliphatic carbocycles. The van der Waals surface area contributed by atoms with Crippen LogP contribution < -0.4 is 5.32 Å². The van der Waals surface area contributed by atoms with E-state index < -0.39 is 23.6 Å². The largest absolute Gasteiger partial charge is 0.481 e. The molecule has 2 amide bonds. The highest BCUT2D eigenvalue weighted by Crippen LogP contribution is 2.44. The minimum atomic E-state index is -0.975.